The monoisotopic (exact) mass is 365 g/mol. The fourth-order valence-corrected chi connectivity index (χ4v) is 4.30. The highest BCUT2D eigenvalue weighted by molar-refractivity contribution is 5.92. The molecule has 0 radical (unpaired) electrons. The van der Waals surface area contributed by atoms with Crippen molar-refractivity contribution in [3.8, 4) is 11.6 Å². The fraction of sp³-hybridized carbons (Fsp3) is 0.455. The molecule has 1 aromatic carbocycles. The molecule has 4 rings (SSSR count). The van der Waals surface area contributed by atoms with E-state index in [4.69, 9.17) is 10.5 Å². The molecule has 3 N–H and O–H groups in total. The van der Waals surface area contributed by atoms with Crippen molar-refractivity contribution in [1.82, 2.24) is 10.3 Å². The van der Waals surface area contributed by atoms with Gasteiger partial charge < -0.3 is 15.8 Å². The number of nitrogens with two attached hydrogens (primary N) is 1. The van der Waals surface area contributed by atoms with E-state index in [0.717, 1.165) is 31.1 Å². The van der Waals surface area contributed by atoms with Gasteiger partial charge in [-0.1, -0.05) is 31.7 Å². The van der Waals surface area contributed by atoms with Crippen LogP contribution in [0.25, 0.3) is 0 Å². The predicted molar refractivity (Wildman–Crippen MR) is 105 cm³/mol. The molecule has 0 aliphatic heterocycles. The Hall–Kier alpha value is -2.40. The highest BCUT2D eigenvalue weighted by Gasteiger charge is 2.22. The van der Waals surface area contributed by atoms with Crippen LogP contribution in [0.4, 0.5) is 0 Å². The van der Waals surface area contributed by atoms with E-state index in [0.29, 0.717) is 17.5 Å². The van der Waals surface area contributed by atoms with Crippen molar-refractivity contribution < 1.29 is 9.53 Å². The Labute approximate surface area is 160 Å². The molecule has 142 valence electrons. The highest BCUT2D eigenvalue weighted by Crippen LogP contribution is 2.30. The third-order valence-corrected chi connectivity index (χ3v) is 5.81. The number of carbonyl (C=O) groups excluding carboxylic acids is 1. The van der Waals surface area contributed by atoms with Gasteiger partial charge in [-0.25, -0.2) is 4.98 Å². The molecule has 1 saturated carbocycles. The molecule has 1 unspecified atom stereocenters. The molecule has 5 nitrogen and oxygen atoms in total. The number of hydrogen-bond donors (Lipinski definition) is 2. The van der Waals surface area contributed by atoms with E-state index in [1.165, 1.54) is 49.4 Å². The summed E-state index contributed by atoms with van der Waals surface area (Å²) in [5, 5.41) is 3.74. The van der Waals surface area contributed by atoms with Crippen molar-refractivity contribution in [2.45, 2.75) is 51.0 Å². The quantitative estimate of drug-likeness (QED) is 0.786. The topological polar surface area (TPSA) is 77.2 Å². The molecule has 27 heavy (non-hydrogen) atoms. The van der Waals surface area contributed by atoms with E-state index in [1.54, 1.807) is 12.1 Å². The maximum Gasteiger partial charge on any atom is 0.250 e. The molecule has 0 saturated heterocycles. The second-order valence-corrected chi connectivity index (χ2v) is 7.78. The second-order valence-electron chi connectivity index (χ2n) is 7.78. The number of fused-ring (bicyclic) bond motifs is 1. The zero-order valence-corrected chi connectivity index (χ0v) is 15.6. The van der Waals surface area contributed by atoms with Crippen LogP contribution in [-0.2, 0) is 12.8 Å². The molecule has 0 bridgehead atoms. The average Bonchev–Trinajstić information content (AvgIpc) is 3.31. The van der Waals surface area contributed by atoms with Crippen LogP contribution in [0.15, 0.2) is 36.5 Å². The fourth-order valence-electron chi connectivity index (χ4n) is 4.30. The third kappa shape index (κ3) is 4.48. The molecule has 1 amide bonds. The Kier molecular flexibility index (Phi) is 5.39. The summed E-state index contributed by atoms with van der Waals surface area (Å²) in [4.78, 5) is 15.3. The number of primary amides is 1. The van der Waals surface area contributed by atoms with E-state index in [2.05, 4.69) is 22.4 Å². The van der Waals surface area contributed by atoms with Crippen molar-refractivity contribution in [2.75, 3.05) is 6.54 Å². The molecule has 1 aromatic heterocycles. The number of ether oxygens (including phenoxy) is 1. The van der Waals surface area contributed by atoms with Gasteiger partial charge in [-0.05, 0) is 61.1 Å². The largest absolute Gasteiger partial charge is 0.439 e. The second kappa shape index (κ2) is 8.09. The van der Waals surface area contributed by atoms with Crippen LogP contribution in [0, 0.1) is 5.92 Å². The SMILES string of the molecule is NC(=O)c1ccc(Oc2ccc3c(c2)CC(NCCC2CCCC2)C3)nc1. The van der Waals surface area contributed by atoms with Gasteiger partial charge in [-0.3, -0.25) is 4.79 Å². The van der Waals surface area contributed by atoms with Gasteiger partial charge in [0.15, 0.2) is 0 Å². The maximum absolute atomic E-state index is 11.1. The van der Waals surface area contributed by atoms with E-state index in [1.807, 2.05) is 6.07 Å². The van der Waals surface area contributed by atoms with Crippen molar-refractivity contribution in [3.63, 3.8) is 0 Å². The minimum absolute atomic E-state index is 0.378. The van der Waals surface area contributed by atoms with Crippen LogP contribution < -0.4 is 15.8 Å². The van der Waals surface area contributed by atoms with Crippen LogP contribution >= 0.6 is 0 Å². The number of pyridine rings is 1. The van der Waals surface area contributed by atoms with Crippen LogP contribution in [0.2, 0.25) is 0 Å². The lowest BCUT2D eigenvalue weighted by atomic mass is 10.0. The van der Waals surface area contributed by atoms with Crippen molar-refractivity contribution in [2.24, 2.45) is 11.7 Å². The number of nitrogens with zero attached hydrogens (tertiary/aromatic N) is 1. The molecule has 0 spiro atoms. The minimum Gasteiger partial charge on any atom is -0.439 e. The molecule has 2 aliphatic carbocycles. The van der Waals surface area contributed by atoms with Crippen LogP contribution in [0.3, 0.4) is 0 Å². The standard InChI is InChI=1S/C22H27N3O2/c23-22(26)17-6-8-21(25-14-17)27-20-7-5-16-11-19(12-18(16)13-20)24-10-9-15-3-1-2-4-15/h5-8,13-15,19,24H,1-4,9-12H2,(H2,23,26). The van der Waals surface area contributed by atoms with Crippen molar-refractivity contribution in [1.29, 1.82) is 0 Å². The van der Waals surface area contributed by atoms with E-state index in [-0.39, 0.29) is 0 Å². The van der Waals surface area contributed by atoms with Crippen LogP contribution in [0.5, 0.6) is 11.6 Å². The van der Waals surface area contributed by atoms with Crippen LogP contribution in [0.1, 0.15) is 53.6 Å². The molecule has 2 aromatic rings. The first kappa shape index (κ1) is 18.0. The van der Waals surface area contributed by atoms with Gasteiger partial charge in [0.1, 0.15) is 5.75 Å². The summed E-state index contributed by atoms with van der Waals surface area (Å²) in [5.41, 5.74) is 8.36. The lowest BCUT2D eigenvalue weighted by Gasteiger charge is -2.14. The first-order valence-corrected chi connectivity index (χ1v) is 9.96. The molecular formula is C22H27N3O2. The first-order valence-electron chi connectivity index (χ1n) is 9.96. The first-order chi connectivity index (χ1) is 13.2. The van der Waals surface area contributed by atoms with Gasteiger partial charge in [0, 0.05) is 18.3 Å². The summed E-state index contributed by atoms with van der Waals surface area (Å²) >= 11 is 0. The van der Waals surface area contributed by atoms with Crippen molar-refractivity contribution in [3.05, 3.63) is 53.2 Å². The average molecular weight is 365 g/mol. The van der Waals surface area contributed by atoms with E-state index in [9.17, 15) is 4.79 Å². The van der Waals surface area contributed by atoms with Gasteiger partial charge in [-0.15, -0.1) is 0 Å². The lowest BCUT2D eigenvalue weighted by Crippen LogP contribution is -2.31. The Morgan fingerprint density at radius 3 is 2.70 bits per heavy atom. The van der Waals surface area contributed by atoms with E-state index < -0.39 is 5.91 Å². The Bertz CT molecular complexity index is 798. The number of hydrogen-bond acceptors (Lipinski definition) is 4. The van der Waals surface area contributed by atoms with Crippen molar-refractivity contribution >= 4 is 5.91 Å². The molecule has 1 fully saturated rings. The molecule has 5 heteroatoms. The van der Waals surface area contributed by atoms with Gasteiger partial charge in [0.2, 0.25) is 11.8 Å². The number of nitrogens with one attached hydrogen (secondary N) is 1. The van der Waals surface area contributed by atoms with Gasteiger partial charge in [0.25, 0.3) is 0 Å². The number of carbonyl (C=O) groups is 1. The third-order valence-electron chi connectivity index (χ3n) is 5.81. The number of benzene rings is 1. The summed E-state index contributed by atoms with van der Waals surface area (Å²) in [6.07, 6.45) is 10.6. The zero-order valence-electron chi connectivity index (χ0n) is 15.6. The Morgan fingerprint density at radius 1 is 1.15 bits per heavy atom. The summed E-state index contributed by atoms with van der Waals surface area (Å²) in [6.45, 7) is 1.13. The highest BCUT2D eigenvalue weighted by atomic mass is 16.5. The van der Waals surface area contributed by atoms with Crippen LogP contribution in [-0.4, -0.2) is 23.5 Å². The summed E-state index contributed by atoms with van der Waals surface area (Å²) in [6, 6.07) is 10.1. The molecule has 1 atom stereocenters. The number of amides is 1. The molecular weight excluding hydrogens is 338 g/mol. The predicted octanol–water partition coefficient (Wildman–Crippen LogP) is 3.61. The van der Waals surface area contributed by atoms with E-state index >= 15 is 0 Å². The number of aromatic nitrogens is 1. The maximum atomic E-state index is 11.1. The molecule has 2 aliphatic rings. The number of rotatable bonds is 7. The zero-order chi connectivity index (χ0) is 18.6. The van der Waals surface area contributed by atoms with Gasteiger partial charge in [-0.2, -0.15) is 0 Å². The summed E-state index contributed by atoms with van der Waals surface area (Å²) in [5.74, 6) is 1.69. The minimum atomic E-state index is -0.488. The lowest BCUT2D eigenvalue weighted by molar-refractivity contribution is 0.1000. The Balaban J connectivity index is 1.31. The summed E-state index contributed by atoms with van der Waals surface area (Å²) in [7, 11) is 0. The van der Waals surface area contributed by atoms with Gasteiger partial charge >= 0.3 is 0 Å². The Morgan fingerprint density at radius 2 is 1.96 bits per heavy atom. The molecule has 1 heterocycles. The van der Waals surface area contributed by atoms with Gasteiger partial charge in [0.05, 0.1) is 5.56 Å². The summed E-state index contributed by atoms with van der Waals surface area (Å²) < 4.78 is 5.84. The normalized spacial score (nSPS) is 19.2. The smallest absolute Gasteiger partial charge is 0.250 e.